The number of carbonyl (C=O) groups excluding carboxylic acids is 1. The van der Waals surface area contributed by atoms with Gasteiger partial charge in [-0.25, -0.2) is 0 Å². The number of carbonyl (C=O) groups is 1. The molecule has 4 nitrogen and oxygen atoms in total. The maximum Gasteiger partial charge on any atom is 0.310 e. The minimum atomic E-state index is -0.407. The van der Waals surface area contributed by atoms with Crippen molar-refractivity contribution in [1.29, 1.82) is 5.26 Å². The number of nitriles is 1. The number of benzene rings is 1. The van der Waals surface area contributed by atoms with Crippen molar-refractivity contribution in [3.8, 4) is 11.8 Å². The molecule has 0 aliphatic heterocycles. The van der Waals surface area contributed by atoms with Gasteiger partial charge in [0.25, 0.3) is 0 Å². The Hall–Kier alpha value is -2.02. The molecule has 0 aliphatic carbocycles. The minimum absolute atomic E-state index is 0.0155. The van der Waals surface area contributed by atoms with Crippen molar-refractivity contribution in [2.75, 3.05) is 6.61 Å². The van der Waals surface area contributed by atoms with E-state index in [1.807, 2.05) is 13.0 Å². The van der Waals surface area contributed by atoms with Crippen LogP contribution in [0.3, 0.4) is 0 Å². The van der Waals surface area contributed by atoms with Crippen LogP contribution in [0.15, 0.2) is 12.1 Å². The van der Waals surface area contributed by atoms with E-state index in [4.69, 9.17) is 10.00 Å². The van der Waals surface area contributed by atoms with Gasteiger partial charge < -0.3 is 9.84 Å². The molecule has 1 N–H and O–H groups in total. The fraction of sp³-hybridized carbons (Fsp3) is 0.385. The number of aryl methyl sites for hydroxylation is 1. The zero-order chi connectivity index (χ0) is 12.8. The summed E-state index contributed by atoms with van der Waals surface area (Å²) in [5.41, 5.74) is 1.45. The highest BCUT2D eigenvalue weighted by Crippen LogP contribution is 2.26. The van der Waals surface area contributed by atoms with Gasteiger partial charge in [-0.15, -0.1) is 0 Å². The van der Waals surface area contributed by atoms with E-state index in [0.29, 0.717) is 18.6 Å². The molecule has 0 amide bonds. The molecule has 0 aromatic heterocycles. The summed E-state index contributed by atoms with van der Waals surface area (Å²) < 4.78 is 4.80. The van der Waals surface area contributed by atoms with Crippen LogP contribution in [0.5, 0.6) is 5.75 Å². The first-order chi connectivity index (χ1) is 8.13. The number of nitrogens with zero attached hydrogens (tertiary/aromatic N) is 1. The fourth-order valence-corrected chi connectivity index (χ4v) is 1.61. The van der Waals surface area contributed by atoms with Crippen LogP contribution in [0.25, 0.3) is 0 Å². The van der Waals surface area contributed by atoms with E-state index in [2.05, 4.69) is 0 Å². The van der Waals surface area contributed by atoms with Crippen molar-refractivity contribution in [1.82, 2.24) is 0 Å². The highest BCUT2D eigenvalue weighted by Gasteiger charge is 2.14. The monoisotopic (exact) mass is 233 g/mol. The molecule has 0 unspecified atom stereocenters. The number of hydrogen-bond acceptors (Lipinski definition) is 4. The molecule has 0 atom stereocenters. The molecule has 0 bridgehead atoms. The average molecular weight is 233 g/mol. The molecule has 17 heavy (non-hydrogen) atoms. The minimum Gasteiger partial charge on any atom is -0.506 e. The number of phenols is 1. The summed E-state index contributed by atoms with van der Waals surface area (Å²) in [6, 6.07) is 5.37. The van der Waals surface area contributed by atoms with E-state index < -0.39 is 5.97 Å². The highest BCUT2D eigenvalue weighted by molar-refractivity contribution is 5.74. The maximum atomic E-state index is 11.3. The quantitative estimate of drug-likeness (QED) is 0.807. The fourth-order valence-electron chi connectivity index (χ4n) is 1.61. The molecule has 0 aliphatic rings. The summed E-state index contributed by atoms with van der Waals surface area (Å²) in [5, 5.41) is 18.9. The lowest BCUT2D eigenvalue weighted by Gasteiger charge is -2.08. The summed E-state index contributed by atoms with van der Waals surface area (Å²) >= 11 is 0. The van der Waals surface area contributed by atoms with Gasteiger partial charge in [0.15, 0.2) is 0 Å². The molecule has 0 spiro atoms. The van der Waals surface area contributed by atoms with Gasteiger partial charge in [-0.2, -0.15) is 5.26 Å². The van der Waals surface area contributed by atoms with Gasteiger partial charge in [0, 0.05) is 5.56 Å². The van der Waals surface area contributed by atoms with Crippen LogP contribution in [0.1, 0.15) is 30.5 Å². The lowest BCUT2D eigenvalue weighted by Crippen LogP contribution is -2.08. The van der Waals surface area contributed by atoms with Crippen LogP contribution in [-0.2, 0) is 22.4 Å². The molecule has 1 rings (SSSR count). The topological polar surface area (TPSA) is 70.3 Å². The molecule has 0 saturated heterocycles. The van der Waals surface area contributed by atoms with Crippen LogP contribution in [-0.4, -0.2) is 17.7 Å². The van der Waals surface area contributed by atoms with Crippen molar-refractivity contribution >= 4 is 5.97 Å². The number of esters is 1. The Balaban J connectivity index is 3.04. The summed E-state index contributed by atoms with van der Waals surface area (Å²) in [4.78, 5) is 11.3. The summed E-state index contributed by atoms with van der Waals surface area (Å²) in [5.74, 6) is -0.518. The SMILES string of the molecule is CCOC(=O)Cc1ccc(CC)c(C#N)c1O. The predicted molar refractivity (Wildman–Crippen MR) is 62.5 cm³/mol. The number of hydrogen-bond donors (Lipinski definition) is 1. The van der Waals surface area contributed by atoms with Gasteiger partial charge in [0.1, 0.15) is 11.8 Å². The second kappa shape index (κ2) is 5.90. The first-order valence-electron chi connectivity index (χ1n) is 5.53. The van der Waals surface area contributed by atoms with Gasteiger partial charge >= 0.3 is 5.97 Å². The van der Waals surface area contributed by atoms with Gasteiger partial charge in [-0.05, 0) is 18.9 Å². The van der Waals surface area contributed by atoms with Crippen LogP contribution in [0.2, 0.25) is 0 Å². The van der Waals surface area contributed by atoms with Crippen LogP contribution < -0.4 is 0 Å². The molecule has 1 aromatic rings. The van der Waals surface area contributed by atoms with E-state index in [-0.39, 0.29) is 17.7 Å². The standard InChI is InChI=1S/C13H15NO3/c1-3-9-5-6-10(7-12(15)17-4-2)13(16)11(9)8-14/h5-6,16H,3-4,7H2,1-2H3. The van der Waals surface area contributed by atoms with Crippen molar-refractivity contribution in [2.24, 2.45) is 0 Å². The summed E-state index contributed by atoms with van der Waals surface area (Å²) in [7, 11) is 0. The third-order valence-electron chi connectivity index (χ3n) is 2.48. The van der Waals surface area contributed by atoms with E-state index >= 15 is 0 Å². The average Bonchev–Trinajstić information content (AvgIpc) is 2.31. The molecule has 0 saturated carbocycles. The van der Waals surface area contributed by atoms with E-state index in [1.54, 1.807) is 19.1 Å². The van der Waals surface area contributed by atoms with Crippen molar-refractivity contribution in [3.63, 3.8) is 0 Å². The maximum absolute atomic E-state index is 11.3. The van der Waals surface area contributed by atoms with Crippen molar-refractivity contribution < 1.29 is 14.6 Å². The van der Waals surface area contributed by atoms with E-state index in [1.165, 1.54) is 0 Å². The molecule has 4 heteroatoms. The van der Waals surface area contributed by atoms with Gasteiger partial charge in [-0.3, -0.25) is 4.79 Å². The molecular weight excluding hydrogens is 218 g/mol. The first-order valence-corrected chi connectivity index (χ1v) is 5.53. The Morgan fingerprint density at radius 1 is 1.41 bits per heavy atom. The largest absolute Gasteiger partial charge is 0.506 e. The Morgan fingerprint density at radius 3 is 2.59 bits per heavy atom. The van der Waals surface area contributed by atoms with E-state index in [9.17, 15) is 9.90 Å². The Morgan fingerprint density at radius 2 is 2.06 bits per heavy atom. The predicted octanol–water partition coefficient (Wildman–Crippen LogP) is 1.93. The molecular formula is C13H15NO3. The Kier molecular flexibility index (Phi) is 4.53. The number of ether oxygens (including phenoxy) is 1. The Labute approximate surface area is 100 Å². The van der Waals surface area contributed by atoms with Crippen molar-refractivity contribution in [3.05, 3.63) is 28.8 Å². The molecule has 0 heterocycles. The zero-order valence-electron chi connectivity index (χ0n) is 9.99. The highest BCUT2D eigenvalue weighted by atomic mass is 16.5. The molecule has 1 aromatic carbocycles. The van der Waals surface area contributed by atoms with Crippen LogP contribution in [0, 0.1) is 11.3 Å². The van der Waals surface area contributed by atoms with Gasteiger partial charge in [0.2, 0.25) is 0 Å². The summed E-state index contributed by atoms with van der Waals surface area (Å²) in [6.07, 6.45) is 0.647. The number of rotatable bonds is 4. The van der Waals surface area contributed by atoms with Gasteiger partial charge in [-0.1, -0.05) is 19.1 Å². The normalized spacial score (nSPS) is 9.71. The Bertz CT molecular complexity index is 460. The second-order valence-electron chi connectivity index (χ2n) is 3.55. The smallest absolute Gasteiger partial charge is 0.310 e. The van der Waals surface area contributed by atoms with E-state index in [0.717, 1.165) is 5.56 Å². The van der Waals surface area contributed by atoms with Crippen molar-refractivity contribution in [2.45, 2.75) is 26.7 Å². The lowest BCUT2D eigenvalue weighted by molar-refractivity contribution is -0.142. The third kappa shape index (κ3) is 2.97. The third-order valence-corrected chi connectivity index (χ3v) is 2.48. The second-order valence-corrected chi connectivity index (χ2v) is 3.55. The molecule has 90 valence electrons. The number of aromatic hydroxyl groups is 1. The molecule has 0 fully saturated rings. The van der Waals surface area contributed by atoms with Gasteiger partial charge in [0.05, 0.1) is 18.6 Å². The lowest BCUT2D eigenvalue weighted by atomic mass is 9.99. The number of phenolic OH excluding ortho intramolecular Hbond substituents is 1. The summed E-state index contributed by atoms with van der Waals surface area (Å²) in [6.45, 7) is 3.93. The molecule has 0 radical (unpaired) electrons. The van der Waals surface area contributed by atoms with Crippen LogP contribution in [0.4, 0.5) is 0 Å². The zero-order valence-corrected chi connectivity index (χ0v) is 9.99. The van der Waals surface area contributed by atoms with Crippen LogP contribution >= 0.6 is 0 Å². The first kappa shape index (κ1) is 13.0.